The van der Waals surface area contributed by atoms with E-state index in [0.29, 0.717) is 13.1 Å². The van der Waals surface area contributed by atoms with Crippen LogP contribution in [0.4, 0.5) is 0 Å². The lowest BCUT2D eigenvalue weighted by molar-refractivity contribution is -0.139. The number of nitrogens with zero attached hydrogens (tertiary/aromatic N) is 1. The lowest BCUT2D eigenvalue weighted by Crippen LogP contribution is -2.46. The van der Waals surface area contributed by atoms with Crippen molar-refractivity contribution in [2.45, 2.75) is 37.0 Å². The van der Waals surface area contributed by atoms with E-state index >= 15 is 0 Å². The number of amides is 3. The number of sulfonamides is 1. The molecule has 1 aromatic rings. The van der Waals surface area contributed by atoms with Crippen LogP contribution in [0.5, 0.6) is 0 Å². The zero-order chi connectivity index (χ0) is 22.1. The van der Waals surface area contributed by atoms with Crippen molar-refractivity contribution in [2.75, 3.05) is 19.6 Å². The van der Waals surface area contributed by atoms with Gasteiger partial charge in [0, 0.05) is 25.1 Å². The van der Waals surface area contributed by atoms with Crippen LogP contribution in [-0.4, -0.2) is 61.2 Å². The second-order valence-corrected chi connectivity index (χ2v) is 8.60. The van der Waals surface area contributed by atoms with E-state index in [1.165, 1.54) is 28.6 Å². The topological polar surface area (TPSA) is 162 Å². The van der Waals surface area contributed by atoms with Gasteiger partial charge in [0.2, 0.25) is 15.9 Å². The number of carbonyl (C=O) groups is 4. The number of rotatable bonds is 8. The number of aliphatic carboxylic acids is 1. The van der Waals surface area contributed by atoms with Gasteiger partial charge in [-0.3, -0.25) is 30.0 Å². The first-order valence-corrected chi connectivity index (χ1v) is 10.8. The molecule has 164 valence electrons. The van der Waals surface area contributed by atoms with E-state index < -0.39 is 40.3 Å². The third-order valence-electron chi connectivity index (χ3n) is 4.39. The number of nitrogens with one attached hydrogen (secondary N) is 3. The minimum atomic E-state index is -3.60. The summed E-state index contributed by atoms with van der Waals surface area (Å²) in [6.45, 7) is 0.519. The Bertz CT molecular complexity index is 894. The Morgan fingerprint density at radius 1 is 0.900 bits per heavy atom. The van der Waals surface area contributed by atoms with Crippen molar-refractivity contribution in [1.82, 2.24) is 20.5 Å². The molecule has 0 saturated carbocycles. The zero-order valence-electron chi connectivity index (χ0n) is 16.2. The molecule has 12 heteroatoms. The number of hydrogen-bond acceptors (Lipinski definition) is 6. The molecule has 1 fully saturated rings. The highest BCUT2D eigenvalue weighted by Gasteiger charge is 2.25. The zero-order valence-corrected chi connectivity index (χ0v) is 17.0. The van der Waals surface area contributed by atoms with E-state index in [4.69, 9.17) is 5.11 Å². The Morgan fingerprint density at radius 2 is 1.50 bits per heavy atom. The smallest absolute Gasteiger partial charge is 0.303 e. The van der Waals surface area contributed by atoms with Gasteiger partial charge in [-0.1, -0.05) is 6.42 Å². The predicted octanol–water partition coefficient (Wildman–Crippen LogP) is -0.397. The highest BCUT2D eigenvalue weighted by atomic mass is 32.2. The van der Waals surface area contributed by atoms with Gasteiger partial charge in [-0.05, 0) is 37.1 Å². The maximum atomic E-state index is 12.6. The summed E-state index contributed by atoms with van der Waals surface area (Å²) >= 11 is 0. The summed E-state index contributed by atoms with van der Waals surface area (Å²) in [5.74, 6) is -3.12. The van der Waals surface area contributed by atoms with Gasteiger partial charge in [0.15, 0.2) is 0 Å². The molecule has 1 saturated heterocycles. The summed E-state index contributed by atoms with van der Waals surface area (Å²) in [6, 6.07) is 5.42. The van der Waals surface area contributed by atoms with Crippen LogP contribution in [0.2, 0.25) is 0 Å². The molecular weight excluding hydrogens is 416 g/mol. The number of carbonyl (C=O) groups excluding carboxylic acids is 3. The van der Waals surface area contributed by atoms with Gasteiger partial charge in [-0.25, -0.2) is 8.42 Å². The molecule has 0 aromatic heterocycles. The van der Waals surface area contributed by atoms with Gasteiger partial charge in [-0.2, -0.15) is 4.31 Å². The van der Waals surface area contributed by atoms with Crippen molar-refractivity contribution >= 4 is 33.7 Å². The lowest BCUT2D eigenvalue weighted by Gasteiger charge is -2.25. The molecule has 0 atom stereocenters. The van der Waals surface area contributed by atoms with Crippen LogP contribution in [0, 0.1) is 0 Å². The molecule has 0 radical (unpaired) electrons. The van der Waals surface area contributed by atoms with Crippen LogP contribution in [0.3, 0.4) is 0 Å². The third kappa shape index (κ3) is 6.81. The average molecular weight is 440 g/mol. The Morgan fingerprint density at radius 3 is 2.10 bits per heavy atom. The van der Waals surface area contributed by atoms with E-state index in [1.54, 1.807) is 0 Å². The summed E-state index contributed by atoms with van der Waals surface area (Å²) < 4.78 is 26.6. The molecule has 0 spiro atoms. The molecule has 1 heterocycles. The van der Waals surface area contributed by atoms with Crippen molar-refractivity contribution < 1.29 is 32.7 Å². The first-order chi connectivity index (χ1) is 14.2. The number of hydrogen-bond donors (Lipinski definition) is 4. The highest BCUT2D eigenvalue weighted by Crippen LogP contribution is 2.20. The standard InChI is InChI=1S/C18H24N4O7S/c23-15(8-9-17(25)26)20-21-16(24)12-19-18(27)13-4-6-14(7-5-13)30(28,29)22-10-2-1-3-11-22/h4-7H,1-3,8-12H2,(H,19,27)(H,20,23)(H,21,24)(H,25,26). The molecule has 2 rings (SSSR count). The Balaban J connectivity index is 1.82. The van der Waals surface area contributed by atoms with E-state index in [1.807, 2.05) is 10.9 Å². The lowest BCUT2D eigenvalue weighted by atomic mass is 10.2. The van der Waals surface area contributed by atoms with Crippen molar-refractivity contribution in [3.05, 3.63) is 29.8 Å². The van der Waals surface area contributed by atoms with Gasteiger partial charge in [0.25, 0.3) is 11.8 Å². The second-order valence-electron chi connectivity index (χ2n) is 6.66. The van der Waals surface area contributed by atoms with Crippen molar-refractivity contribution in [2.24, 2.45) is 0 Å². The van der Waals surface area contributed by atoms with Crippen LogP contribution in [0.1, 0.15) is 42.5 Å². The maximum Gasteiger partial charge on any atom is 0.303 e. The van der Waals surface area contributed by atoms with Gasteiger partial charge in [0.05, 0.1) is 17.9 Å². The van der Waals surface area contributed by atoms with Crippen LogP contribution < -0.4 is 16.2 Å². The normalized spacial score (nSPS) is 14.5. The molecular formula is C18H24N4O7S. The fraction of sp³-hybridized carbons (Fsp3) is 0.444. The van der Waals surface area contributed by atoms with Crippen LogP contribution in [0.15, 0.2) is 29.2 Å². The van der Waals surface area contributed by atoms with Crippen molar-refractivity contribution in [1.29, 1.82) is 0 Å². The fourth-order valence-electron chi connectivity index (χ4n) is 2.76. The number of hydrazine groups is 1. The molecule has 11 nitrogen and oxygen atoms in total. The molecule has 1 aromatic carbocycles. The molecule has 30 heavy (non-hydrogen) atoms. The Hall–Kier alpha value is -2.99. The molecule has 3 amide bonds. The summed E-state index contributed by atoms with van der Waals surface area (Å²) in [5.41, 5.74) is 4.25. The van der Waals surface area contributed by atoms with E-state index in [0.717, 1.165) is 19.3 Å². The third-order valence-corrected chi connectivity index (χ3v) is 6.30. The Kier molecular flexibility index (Phi) is 8.30. The summed E-state index contributed by atoms with van der Waals surface area (Å²) in [4.78, 5) is 45.5. The summed E-state index contributed by atoms with van der Waals surface area (Å²) in [5, 5.41) is 10.8. The van der Waals surface area contributed by atoms with Crippen molar-refractivity contribution in [3.8, 4) is 0 Å². The quantitative estimate of drug-likeness (QED) is 0.400. The first-order valence-electron chi connectivity index (χ1n) is 9.38. The molecule has 0 aliphatic carbocycles. The van der Waals surface area contributed by atoms with Gasteiger partial charge in [0.1, 0.15) is 0 Å². The second kappa shape index (κ2) is 10.7. The van der Waals surface area contributed by atoms with Crippen molar-refractivity contribution in [3.63, 3.8) is 0 Å². The van der Waals surface area contributed by atoms with E-state index in [-0.39, 0.29) is 23.3 Å². The molecule has 4 N–H and O–H groups in total. The SMILES string of the molecule is O=C(O)CCC(=O)NNC(=O)CNC(=O)c1ccc(S(=O)(=O)N2CCCCC2)cc1. The van der Waals surface area contributed by atoms with Crippen LogP contribution in [0.25, 0.3) is 0 Å². The first kappa shape index (κ1) is 23.3. The van der Waals surface area contributed by atoms with Gasteiger partial charge >= 0.3 is 5.97 Å². The Labute approximate surface area is 173 Å². The summed E-state index contributed by atoms with van der Waals surface area (Å²) in [6.07, 6.45) is 1.98. The molecule has 1 aliphatic heterocycles. The summed E-state index contributed by atoms with van der Waals surface area (Å²) in [7, 11) is -3.60. The van der Waals surface area contributed by atoms with E-state index in [2.05, 4.69) is 5.32 Å². The average Bonchev–Trinajstić information content (AvgIpc) is 2.75. The van der Waals surface area contributed by atoms with E-state index in [9.17, 15) is 27.6 Å². The van der Waals surface area contributed by atoms with Gasteiger partial charge in [-0.15, -0.1) is 0 Å². The highest BCUT2D eigenvalue weighted by molar-refractivity contribution is 7.89. The largest absolute Gasteiger partial charge is 0.481 e. The minimum absolute atomic E-state index is 0.0998. The van der Waals surface area contributed by atoms with Crippen LogP contribution in [-0.2, 0) is 24.4 Å². The molecule has 0 bridgehead atoms. The van der Waals surface area contributed by atoms with Crippen LogP contribution >= 0.6 is 0 Å². The maximum absolute atomic E-state index is 12.6. The van der Waals surface area contributed by atoms with Gasteiger partial charge < -0.3 is 10.4 Å². The predicted molar refractivity (Wildman–Crippen MR) is 105 cm³/mol. The number of carboxylic acid groups (broad SMARTS) is 1. The molecule has 0 unspecified atom stereocenters. The minimum Gasteiger partial charge on any atom is -0.481 e. The number of carboxylic acids is 1. The fourth-order valence-corrected chi connectivity index (χ4v) is 4.28. The monoisotopic (exact) mass is 440 g/mol. The number of benzene rings is 1. The molecule has 1 aliphatic rings. The number of piperidine rings is 1.